The number of hydrogen-bond donors (Lipinski definition) is 1. The van der Waals surface area contributed by atoms with Gasteiger partial charge in [-0.15, -0.1) is 0 Å². The number of benzene rings is 1. The molecular formula is C15H19N7O. The van der Waals surface area contributed by atoms with E-state index in [0.29, 0.717) is 0 Å². The minimum atomic E-state index is 0.0412. The van der Waals surface area contributed by atoms with Crippen molar-refractivity contribution in [3.8, 4) is 5.69 Å². The van der Waals surface area contributed by atoms with E-state index in [1.807, 2.05) is 35.2 Å². The summed E-state index contributed by atoms with van der Waals surface area (Å²) in [5.41, 5.74) is 0.938. The number of anilines is 1. The molecule has 8 nitrogen and oxygen atoms in total. The number of amides is 2. The fraction of sp³-hybridized carbons (Fsp3) is 0.467. The number of hydrogen-bond acceptors (Lipinski definition) is 5. The summed E-state index contributed by atoms with van der Waals surface area (Å²) in [6.07, 6.45) is 2.05. The van der Waals surface area contributed by atoms with Crippen LogP contribution in [0.2, 0.25) is 0 Å². The minimum absolute atomic E-state index is 0.0412. The first kappa shape index (κ1) is 14.0. The Labute approximate surface area is 134 Å². The van der Waals surface area contributed by atoms with Gasteiger partial charge in [-0.1, -0.05) is 23.3 Å². The lowest BCUT2D eigenvalue weighted by Gasteiger charge is -2.37. The second-order valence-electron chi connectivity index (χ2n) is 5.89. The summed E-state index contributed by atoms with van der Waals surface area (Å²) >= 11 is 0. The molecule has 2 aliphatic rings. The van der Waals surface area contributed by atoms with Crippen molar-refractivity contribution in [1.29, 1.82) is 0 Å². The zero-order valence-electron chi connectivity index (χ0n) is 12.8. The number of piperidine rings is 1. The number of nitrogens with one attached hydrogen (secondary N) is 1. The Morgan fingerprint density at radius 3 is 2.83 bits per heavy atom. The maximum absolute atomic E-state index is 11.9. The molecule has 120 valence electrons. The van der Waals surface area contributed by atoms with Crippen molar-refractivity contribution in [2.75, 3.05) is 31.1 Å². The molecule has 0 radical (unpaired) electrons. The van der Waals surface area contributed by atoms with Gasteiger partial charge in [0.15, 0.2) is 0 Å². The Hall–Kier alpha value is -2.64. The van der Waals surface area contributed by atoms with Crippen LogP contribution in [0.3, 0.4) is 0 Å². The molecule has 2 amide bonds. The normalized spacial score (nSPS) is 21.6. The van der Waals surface area contributed by atoms with Crippen LogP contribution in [0.5, 0.6) is 0 Å². The van der Waals surface area contributed by atoms with E-state index in [0.717, 1.165) is 50.7 Å². The van der Waals surface area contributed by atoms with Gasteiger partial charge in [0.2, 0.25) is 5.95 Å². The lowest BCUT2D eigenvalue weighted by molar-refractivity contribution is 0.189. The van der Waals surface area contributed by atoms with E-state index in [1.54, 1.807) is 4.68 Å². The van der Waals surface area contributed by atoms with Crippen molar-refractivity contribution in [2.45, 2.75) is 18.9 Å². The van der Waals surface area contributed by atoms with Gasteiger partial charge in [0.25, 0.3) is 0 Å². The lowest BCUT2D eigenvalue weighted by Crippen LogP contribution is -2.49. The Balaban J connectivity index is 1.57. The summed E-state index contributed by atoms with van der Waals surface area (Å²) in [6.45, 7) is 3.18. The Morgan fingerprint density at radius 2 is 2.04 bits per heavy atom. The van der Waals surface area contributed by atoms with Crippen LogP contribution in [-0.4, -0.2) is 63.4 Å². The maximum atomic E-state index is 11.9. The molecule has 1 N–H and O–H groups in total. The van der Waals surface area contributed by atoms with Crippen LogP contribution >= 0.6 is 0 Å². The average Bonchev–Trinajstić information content (AvgIpc) is 3.25. The molecule has 0 bridgehead atoms. The van der Waals surface area contributed by atoms with Crippen LogP contribution in [-0.2, 0) is 0 Å². The van der Waals surface area contributed by atoms with E-state index in [4.69, 9.17) is 0 Å². The highest BCUT2D eigenvalue weighted by Gasteiger charge is 2.32. The molecule has 1 atom stereocenters. The summed E-state index contributed by atoms with van der Waals surface area (Å²) < 4.78 is 1.76. The molecule has 8 heteroatoms. The zero-order valence-corrected chi connectivity index (χ0v) is 12.8. The van der Waals surface area contributed by atoms with Gasteiger partial charge in [-0.25, -0.2) is 4.79 Å². The maximum Gasteiger partial charge on any atom is 0.317 e. The molecule has 2 aromatic rings. The van der Waals surface area contributed by atoms with E-state index in [-0.39, 0.29) is 12.1 Å². The van der Waals surface area contributed by atoms with Crippen molar-refractivity contribution in [2.24, 2.45) is 0 Å². The monoisotopic (exact) mass is 313 g/mol. The standard InChI is InChI=1S/C15H19N7O/c23-15-16-8-10-21(15)13-7-4-9-20(11-13)14-17-18-19-22(14)12-5-2-1-3-6-12/h1-3,5-6,13H,4,7-11H2,(H,16,23). The molecule has 0 spiro atoms. The number of tetrazole rings is 1. The molecule has 23 heavy (non-hydrogen) atoms. The number of para-hydroxylation sites is 1. The van der Waals surface area contributed by atoms with Gasteiger partial charge >= 0.3 is 6.03 Å². The van der Waals surface area contributed by atoms with Crippen molar-refractivity contribution in [3.05, 3.63) is 30.3 Å². The van der Waals surface area contributed by atoms with E-state index < -0.39 is 0 Å². The van der Waals surface area contributed by atoms with Crippen molar-refractivity contribution >= 4 is 12.0 Å². The second-order valence-corrected chi connectivity index (χ2v) is 5.89. The Kier molecular flexibility index (Phi) is 3.57. The van der Waals surface area contributed by atoms with Crippen LogP contribution in [0, 0.1) is 0 Å². The third kappa shape index (κ3) is 2.60. The third-order valence-electron chi connectivity index (χ3n) is 4.46. The fourth-order valence-corrected chi connectivity index (χ4v) is 3.34. The number of carbonyl (C=O) groups excluding carboxylic acids is 1. The topological polar surface area (TPSA) is 79.2 Å². The third-order valence-corrected chi connectivity index (χ3v) is 4.46. The number of carbonyl (C=O) groups is 1. The molecular weight excluding hydrogens is 294 g/mol. The van der Waals surface area contributed by atoms with Crippen molar-refractivity contribution in [1.82, 2.24) is 30.4 Å². The molecule has 1 aromatic carbocycles. The largest absolute Gasteiger partial charge is 0.337 e. The highest BCUT2D eigenvalue weighted by atomic mass is 16.2. The number of rotatable bonds is 3. The van der Waals surface area contributed by atoms with Gasteiger partial charge in [0.1, 0.15) is 0 Å². The average molecular weight is 313 g/mol. The van der Waals surface area contributed by atoms with Gasteiger partial charge in [-0.3, -0.25) is 0 Å². The summed E-state index contributed by atoms with van der Waals surface area (Å²) in [4.78, 5) is 16.0. The van der Waals surface area contributed by atoms with Gasteiger partial charge in [-0.05, 0) is 35.4 Å². The Morgan fingerprint density at radius 1 is 1.17 bits per heavy atom. The van der Waals surface area contributed by atoms with Crippen LogP contribution in [0.4, 0.5) is 10.7 Å². The van der Waals surface area contributed by atoms with Gasteiger partial charge in [-0.2, -0.15) is 4.68 Å². The summed E-state index contributed by atoms with van der Waals surface area (Å²) in [6, 6.07) is 10.1. The lowest BCUT2D eigenvalue weighted by atomic mass is 10.0. The molecule has 2 saturated heterocycles. The van der Waals surface area contributed by atoms with Crippen molar-refractivity contribution in [3.63, 3.8) is 0 Å². The van der Waals surface area contributed by atoms with Crippen LogP contribution in [0.1, 0.15) is 12.8 Å². The molecule has 0 aliphatic carbocycles. The van der Waals surface area contributed by atoms with Crippen LogP contribution < -0.4 is 10.2 Å². The van der Waals surface area contributed by atoms with E-state index in [9.17, 15) is 4.79 Å². The van der Waals surface area contributed by atoms with Gasteiger partial charge in [0.05, 0.1) is 11.7 Å². The number of urea groups is 1. The predicted molar refractivity (Wildman–Crippen MR) is 84.5 cm³/mol. The van der Waals surface area contributed by atoms with Crippen molar-refractivity contribution < 1.29 is 4.79 Å². The predicted octanol–water partition coefficient (Wildman–Crippen LogP) is 0.656. The van der Waals surface area contributed by atoms with Gasteiger partial charge in [0, 0.05) is 26.2 Å². The van der Waals surface area contributed by atoms with Gasteiger partial charge < -0.3 is 15.1 Å². The quantitative estimate of drug-likeness (QED) is 0.900. The molecule has 2 aliphatic heterocycles. The summed E-state index contributed by atoms with van der Waals surface area (Å²) in [7, 11) is 0. The first-order valence-electron chi connectivity index (χ1n) is 7.96. The van der Waals surface area contributed by atoms with E-state index in [2.05, 4.69) is 25.7 Å². The molecule has 1 unspecified atom stereocenters. The molecule has 1 aromatic heterocycles. The summed E-state index contributed by atoms with van der Waals surface area (Å²) in [5.74, 6) is 0.737. The number of aromatic nitrogens is 4. The first-order valence-corrected chi connectivity index (χ1v) is 7.96. The first-order chi connectivity index (χ1) is 11.3. The molecule has 0 saturated carbocycles. The fourth-order valence-electron chi connectivity index (χ4n) is 3.34. The highest BCUT2D eigenvalue weighted by Crippen LogP contribution is 2.23. The second kappa shape index (κ2) is 5.86. The highest BCUT2D eigenvalue weighted by molar-refractivity contribution is 5.76. The minimum Gasteiger partial charge on any atom is -0.337 e. The van der Waals surface area contributed by atoms with E-state index >= 15 is 0 Å². The van der Waals surface area contributed by atoms with Crippen LogP contribution in [0.15, 0.2) is 30.3 Å². The Bertz CT molecular complexity index is 686. The molecule has 4 rings (SSSR count). The smallest absolute Gasteiger partial charge is 0.317 e. The summed E-state index contributed by atoms with van der Waals surface area (Å²) in [5, 5.41) is 15.0. The zero-order chi connectivity index (χ0) is 15.6. The molecule has 2 fully saturated rings. The number of nitrogens with zero attached hydrogens (tertiary/aromatic N) is 6. The SMILES string of the molecule is O=C1NCCN1C1CCCN(c2nnnn2-c2ccccc2)C1. The van der Waals surface area contributed by atoms with E-state index in [1.165, 1.54) is 0 Å². The molecule has 3 heterocycles. The van der Waals surface area contributed by atoms with Crippen LogP contribution in [0.25, 0.3) is 5.69 Å².